The third kappa shape index (κ3) is 3.67. The maximum atomic E-state index is 11.4. The minimum atomic E-state index is -0.654. The van der Waals surface area contributed by atoms with E-state index in [9.17, 15) is 9.90 Å². The molecule has 1 aliphatic carbocycles. The van der Waals surface area contributed by atoms with Gasteiger partial charge in [0.15, 0.2) is 0 Å². The zero-order valence-electron chi connectivity index (χ0n) is 12.9. The molecule has 1 saturated carbocycles. The van der Waals surface area contributed by atoms with E-state index >= 15 is 0 Å². The van der Waals surface area contributed by atoms with E-state index in [0.717, 1.165) is 23.9 Å². The van der Waals surface area contributed by atoms with Crippen LogP contribution in [0.5, 0.6) is 0 Å². The monoisotopic (exact) mass is 353 g/mol. The summed E-state index contributed by atoms with van der Waals surface area (Å²) in [5.41, 5.74) is 1.07. The quantitative estimate of drug-likeness (QED) is 0.857. The van der Waals surface area contributed by atoms with Crippen LogP contribution in [0, 0.1) is 17.3 Å². The van der Waals surface area contributed by atoms with E-state index in [4.69, 9.17) is 0 Å². The minimum Gasteiger partial charge on any atom is -0.481 e. The third-order valence-electron chi connectivity index (χ3n) is 5.22. The Morgan fingerprint density at radius 2 is 1.95 bits per heavy atom. The van der Waals surface area contributed by atoms with Gasteiger partial charge in [-0.3, -0.25) is 4.79 Å². The van der Waals surface area contributed by atoms with Gasteiger partial charge in [-0.25, -0.2) is 0 Å². The lowest BCUT2D eigenvalue weighted by atomic mass is 9.61. The maximum Gasteiger partial charge on any atom is 0.307 e. The Morgan fingerprint density at radius 3 is 2.52 bits per heavy atom. The van der Waals surface area contributed by atoms with E-state index in [2.05, 4.69) is 54.2 Å². The first-order chi connectivity index (χ1) is 9.82. The molecule has 0 radical (unpaired) electrons. The van der Waals surface area contributed by atoms with E-state index in [1.807, 2.05) is 12.1 Å². The number of nitrogens with one attached hydrogen (secondary N) is 1. The molecule has 4 heteroatoms. The molecule has 0 spiro atoms. The second-order valence-electron chi connectivity index (χ2n) is 6.69. The molecule has 1 aromatic carbocycles. The number of hydrogen-bond acceptors (Lipinski definition) is 2. The summed E-state index contributed by atoms with van der Waals surface area (Å²) in [6, 6.07) is 8.68. The number of aliphatic carboxylic acids is 1. The fraction of sp³-hybridized carbons (Fsp3) is 0.588. The van der Waals surface area contributed by atoms with Crippen molar-refractivity contribution in [2.75, 3.05) is 0 Å². The van der Waals surface area contributed by atoms with Gasteiger partial charge in [-0.15, -0.1) is 0 Å². The van der Waals surface area contributed by atoms with Gasteiger partial charge in [-0.2, -0.15) is 0 Å². The van der Waals surface area contributed by atoms with Crippen LogP contribution in [0.4, 0.5) is 0 Å². The largest absolute Gasteiger partial charge is 0.481 e. The first-order valence-corrected chi connectivity index (χ1v) is 8.32. The van der Waals surface area contributed by atoms with E-state index < -0.39 is 5.97 Å². The van der Waals surface area contributed by atoms with Crippen LogP contribution in [-0.2, 0) is 11.3 Å². The van der Waals surface area contributed by atoms with Crippen LogP contribution in [0.1, 0.15) is 39.2 Å². The van der Waals surface area contributed by atoms with Crippen molar-refractivity contribution in [2.45, 2.75) is 46.2 Å². The predicted octanol–water partition coefficient (Wildman–Crippen LogP) is 4.06. The molecule has 2 N–H and O–H groups in total. The molecular weight excluding hydrogens is 330 g/mol. The summed E-state index contributed by atoms with van der Waals surface area (Å²) in [4.78, 5) is 11.4. The van der Waals surface area contributed by atoms with Crippen molar-refractivity contribution in [1.82, 2.24) is 5.32 Å². The van der Waals surface area contributed by atoms with Gasteiger partial charge in [-0.05, 0) is 41.9 Å². The maximum absolute atomic E-state index is 11.4. The van der Waals surface area contributed by atoms with Gasteiger partial charge >= 0.3 is 5.97 Å². The van der Waals surface area contributed by atoms with E-state index in [1.165, 1.54) is 5.56 Å². The average molecular weight is 354 g/mol. The summed E-state index contributed by atoms with van der Waals surface area (Å²) in [6.07, 6.45) is 1.68. The highest BCUT2D eigenvalue weighted by Gasteiger charge is 2.45. The topological polar surface area (TPSA) is 49.3 Å². The number of halogens is 1. The number of carbonyl (C=O) groups is 1. The standard InChI is InChI=1S/C17H24BrNO2/c1-11-15(9-8-14(16(20)21)17(11,2)3)19-10-12-4-6-13(18)7-5-12/h4-7,11,14-15,19H,8-10H2,1-3H3,(H,20,21). The van der Waals surface area contributed by atoms with Crippen molar-refractivity contribution in [2.24, 2.45) is 17.3 Å². The predicted molar refractivity (Wildman–Crippen MR) is 88.1 cm³/mol. The Labute approximate surface area is 135 Å². The molecule has 0 aliphatic heterocycles. The molecule has 116 valence electrons. The molecule has 0 saturated heterocycles. The average Bonchev–Trinajstić information content (AvgIpc) is 2.42. The van der Waals surface area contributed by atoms with Gasteiger partial charge in [0.2, 0.25) is 0 Å². The minimum absolute atomic E-state index is 0.179. The Hall–Kier alpha value is -0.870. The van der Waals surface area contributed by atoms with E-state index in [1.54, 1.807) is 0 Å². The van der Waals surface area contributed by atoms with Gasteiger partial charge in [0.1, 0.15) is 0 Å². The first-order valence-electron chi connectivity index (χ1n) is 7.53. The Morgan fingerprint density at radius 1 is 1.33 bits per heavy atom. The van der Waals surface area contributed by atoms with Crippen LogP contribution < -0.4 is 5.32 Å². The Kier molecular flexibility index (Phi) is 5.10. The Bertz CT molecular complexity index is 498. The van der Waals surface area contributed by atoms with Crippen LogP contribution in [-0.4, -0.2) is 17.1 Å². The summed E-state index contributed by atoms with van der Waals surface area (Å²) >= 11 is 3.44. The van der Waals surface area contributed by atoms with Crippen LogP contribution in [0.15, 0.2) is 28.7 Å². The van der Waals surface area contributed by atoms with Gasteiger partial charge < -0.3 is 10.4 Å². The van der Waals surface area contributed by atoms with Crippen molar-refractivity contribution < 1.29 is 9.90 Å². The lowest BCUT2D eigenvalue weighted by Gasteiger charge is -2.46. The molecule has 0 amide bonds. The zero-order chi connectivity index (χ0) is 15.6. The summed E-state index contributed by atoms with van der Waals surface area (Å²) in [6.45, 7) is 7.18. The molecular formula is C17H24BrNO2. The van der Waals surface area contributed by atoms with Crippen molar-refractivity contribution in [3.63, 3.8) is 0 Å². The molecule has 3 atom stereocenters. The second kappa shape index (κ2) is 6.49. The molecule has 1 fully saturated rings. The van der Waals surface area contributed by atoms with Gasteiger partial charge in [0.25, 0.3) is 0 Å². The number of rotatable bonds is 4. The number of hydrogen-bond donors (Lipinski definition) is 2. The number of benzene rings is 1. The van der Waals surface area contributed by atoms with Crippen LogP contribution >= 0.6 is 15.9 Å². The molecule has 3 unspecified atom stereocenters. The lowest BCUT2D eigenvalue weighted by Crippen LogP contribution is -2.50. The van der Waals surface area contributed by atoms with Gasteiger partial charge in [-0.1, -0.05) is 48.8 Å². The highest BCUT2D eigenvalue weighted by atomic mass is 79.9. The summed E-state index contributed by atoms with van der Waals surface area (Å²) in [7, 11) is 0. The summed E-state index contributed by atoms with van der Waals surface area (Å²) < 4.78 is 1.09. The summed E-state index contributed by atoms with van der Waals surface area (Å²) in [5, 5.41) is 13.0. The number of carboxylic acids is 1. The van der Waals surface area contributed by atoms with Gasteiger partial charge in [0.05, 0.1) is 5.92 Å². The number of carboxylic acid groups (broad SMARTS) is 1. The van der Waals surface area contributed by atoms with E-state index in [0.29, 0.717) is 12.0 Å². The van der Waals surface area contributed by atoms with Crippen LogP contribution in [0.2, 0.25) is 0 Å². The van der Waals surface area contributed by atoms with Crippen molar-refractivity contribution >= 4 is 21.9 Å². The summed E-state index contributed by atoms with van der Waals surface area (Å²) in [5.74, 6) is -0.556. The van der Waals surface area contributed by atoms with Crippen molar-refractivity contribution in [3.05, 3.63) is 34.3 Å². The molecule has 2 rings (SSSR count). The SMILES string of the molecule is CC1C(NCc2ccc(Br)cc2)CCC(C(=O)O)C1(C)C. The first kappa shape index (κ1) is 16.5. The fourth-order valence-corrected chi connectivity index (χ4v) is 3.64. The van der Waals surface area contributed by atoms with Crippen LogP contribution in [0.3, 0.4) is 0 Å². The smallest absolute Gasteiger partial charge is 0.307 e. The van der Waals surface area contributed by atoms with E-state index in [-0.39, 0.29) is 11.3 Å². The highest BCUT2D eigenvalue weighted by Crippen LogP contribution is 2.45. The molecule has 0 heterocycles. The molecule has 21 heavy (non-hydrogen) atoms. The normalized spacial score (nSPS) is 28.3. The van der Waals surface area contributed by atoms with Gasteiger partial charge in [0, 0.05) is 17.1 Å². The molecule has 1 aromatic rings. The van der Waals surface area contributed by atoms with Crippen molar-refractivity contribution in [3.8, 4) is 0 Å². The second-order valence-corrected chi connectivity index (χ2v) is 7.61. The molecule has 0 aromatic heterocycles. The Balaban J connectivity index is 1.99. The fourth-order valence-electron chi connectivity index (χ4n) is 3.38. The molecule has 1 aliphatic rings. The zero-order valence-corrected chi connectivity index (χ0v) is 14.5. The van der Waals surface area contributed by atoms with Crippen LogP contribution in [0.25, 0.3) is 0 Å². The molecule has 3 nitrogen and oxygen atoms in total. The third-order valence-corrected chi connectivity index (χ3v) is 5.75. The molecule has 0 bridgehead atoms. The highest BCUT2D eigenvalue weighted by molar-refractivity contribution is 9.10. The van der Waals surface area contributed by atoms with Crippen molar-refractivity contribution in [1.29, 1.82) is 0 Å². The lowest BCUT2D eigenvalue weighted by molar-refractivity contribution is -0.150.